The molecular formula is C20H28ClN3O2S. The molecule has 27 heavy (non-hydrogen) atoms. The number of primary amides is 1. The molecule has 2 amide bonds. The molecule has 4 fully saturated rings. The summed E-state index contributed by atoms with van der Waals surface area (Å²) in [6.45, 7) is 1.75. The van der Waals surface area contributed by atoms with Gasteiger partial charge < -0.3 is 16.0 Å². The van der Waals surface area contributed by atoms with Gasteiger partial charge in [-0.25, -0.2) is 0 Å². The van der Waals surface area contributed by atoms with Crippen molar-refractivity contribution in [2.75, 3.05) is 18.9 Å². The van der Waals surface area contributed by atoms with E-state index in [1.54, 1.807) is 11.3 Å². The molecule has 148 valence electrons. The number of fused-ring (bicyclic) bond motifs is 1. The molecule has 4 bridgehead atoms. The number of rotatable bonds is 3. The van der Waals surface area contributed by atoms with Gasteiger partial charge >= 0.3 is 0 Å². The first kappa shape index (κ1) is 19.2. The molecule has 2 heterocycles. The molecule has 7 heteroatoms. The van der Waals surface area contributed by atoms with Crippen LogP contribution in [-0.4, -0.2) is 30.3 Å². The van der Waals surface area contributed by atoms with Crippen molar-refractivity contribution in [2.24, 2.45) is 28.9 Å². The van der Waals surface area contributed by atoms with Crippen molar-refractivity contribution in [3.8, 4) is 0 Å². The highest BCUT2D eigenvalue weighted by atomic mass is 35.5. The summed E-state index contributed by atoms with van der Waals surface area (Å²) in [5.74, 6) is 1.92. The van der Waals surface area contributed by atoms with Gasteiger partial charge in [0.2, 0.25) is 5.91 Å². The molecule has 0 saturated heterocycles. The number of anilines is 1. The minimum absolute atomic E-state index is 0. The Morgan fingerprint density at radius 3 is 2.30 bits per heavy atom. The summed E-state index contributed by atoms with van der Waals surface area (Å²) in [5, 5.41) is 3.87. The minimum Gasteiger partial charge on any atom is -0.365 e. The van der Waals surface area contributed by atoms with Gasteiger partial charge in [0.05, 0.1) is 11.0 Å². The first-order valence-corrected chi connectivity index (χ1v) is 10.7. The van der Waals surface area contributed by atoms with E-state index in [9.17, 15) is 9.59 Å². The Bertz CT molecular complexity index is 755. The third kappa shape index (κ3) is 3.10. The van der Waals surface area contributed by atoms with Gasteiger partial charge in [-0.05, 0) is 75.3 Å². The van der Waals surface area contributed by atoms with Crippen LogP contribution in [0.25, 0.3) is 0 Å². The molecule has 5 nitrogen and oxygen atoms in total. The lowest BCUT2D eigenvalue weighted by molar-refractivity contribution is -0.140. The van der Waals surface area contributed by atoms with Crippen molar-refractivity contribution in [3.63, 3.8) is 0 Å². The molecule has 5 aliphatic rings. The van der Waals surface area contributed by atoms with E-state index in [0.29, 0.717) is 10.6 Å². The van der Waals surface area contributed by atoms with E-state index in [1.807, 2.05) is 0 Å². The SMILES string of the molecule is CN1CCc2c(sc(NC(=O)C34CC5CC(CC(C5)C3)C4)c2C(N)=O)C1.Cl. The Balaban J connectivity index is 0.00000180. The molecule has 4 saturated carbocycles. The van der Waals surface area contributed by atoms with Gasteiger partial charge in [-0.15, -0.1) is 23.7 Å². The average molecular weight is 410 g/mol. The quantitative estimate of drug-likeness (QED) is 0.803. The number of halogens is 1. The molecule has 0 unspecified atom stereocenters. The van der Waals surface area contributed by atoms with E-state index in [4.69, 9.17) is 5.73 Å². The van der Waals surface area contributed by atoms with Crippen molar-refractivity contribution in [2.45, 2.75) is 51.5 Å². The molecule has 1 aliphatic heterocycles. The number of amides is 2. The van der Waals surface area contributed by atoms with Crippen LogP contribution in [0, 0.1) is 23.2 Å². The van der Waals surface area contributed by atoms with Crippen LogP contribution in [-0.2, 0) is 17.8 Å². The van der Waals surface area contributed by atoms with E-state index in [0.717, 1.165) is 62.1 Å². The zero-order valence-electron chi connectivity index (χ0n) is 15.8. The number of likely N-dealkylation sites (N-methyl/N-ethyl adjacent to an activating group) is 1. The third-order valence-corrected chi connectivity index (χ3v) is 8.37. The second kappa shape index (κ2) is 6.75. The van der Waals surface area contributed by atoms with Crippen LogP contribution in [0.5, 0.6) is 0 Å². The molecule has 0 radical (unpaired) electrons. The topological polar surface area (TPSA) is 75.4 Å². The summed E-state index contributed by atoms with van der Waals surface area (Å²) < 4.78 is 0. The Hall–Kier alpha value is -1.11. The maximum atomic E-state index is 13.4. The van der Waals surface area contributed by atoms with Crippen molar-refractivity contribution in [1.82, 2.24) is 4.90 Å². The Morgan fingerprint density at radius 1 is 1.15 bits per heavy atom. The van der Waals surface area contributed by atoms with Crippen LogP contribution in [0.3, 0.4) is 0 Å². The number of hydrogen-bond acceptors (Lipinski definition) is 4. The van der Waals surface area contributed by atoms with Gasteiger partial charge in [0.1, 0.15) is 5.00 Å². The van der Waals surface area contributed by atoms with Gasteiger partial charge in [0.15, 0.2) is 0 Å². The lowest BCUT2D eigenvalue weighted by Gasteiger charge is -2.55. The third-order valence-electron chi connectivity index (χ3n) is 7.24. The van der Waals surface area contributed by atoms with Crippen LogP contribution in [0.2, 0.25) is 0 Å². The van der Waals surface area contributed by atoms with E-state index < -0.39 is 5.91 Å². The summed E-state index contributed by atoms with van der Waals surface area (Å²) in [7, 11) is 2.08. The molecule has 1 aromatic rings. The van der Waals surface area contributed by atoms with Crippen molar-refractivity contribution in [3.05, 3.63) is 16.0 Å². The van der Waals surface area contributed by atoms with Crippen LogP contribution in [0.4, 0.5) is 5.00 Å². The zero-order valence-corrected chi connectivity index (χ0v) is 17.4. The number of nitrogens with one attached hydrogen (secondary N) is 1. The second-order valence-corrected chi connectivity index (χ2v) is 10.3. The molecule has 0 aromatic carbocycles. The summed E-state index contributed by atoms with van der Waals surface area (Å²) in [5.41, 5.74) is 7.12. The van der Waals surface area contributed by atoms with E-state index in [1.165, 1.54) is 24.1 Å². The van der Waals surface area contributed by atoms with Crippen LogP contribution in [0.1, 0.15) is 59.3 Å². The number of thiophene rings is 1. The van der Waals surface area contributed by atoms with E-state index in [2.05, 4.69) is 17.3 Å². The number of nitrogens with two attached hydrogens (primary N) is 1. The molecule has 6 rings (SSSR count). The Kier molecular flexibility index (Phi) is 4.80. The van der Waals surface area contributed by atoms with Gasteiger partial charge in [-0.1, -0.05) is 0 Å². The van der Waals surface area contributed by atoms with Gasteiger partial charge in [0.25, 0.3) is 5.91 Å². The smallest absolute Gasteiger partial charge is 0.251 e. The zero-order chi connectivity index (χ0) is 18.1. The molecular weight excluding hydrogens is 382 g/mol. The highest BCUT2D eigenvalue weighted by molar-refractivity contribution is 7.17. The fourth-order valence-corrected chi connectivity index (χ4v) is 7.83. The highest BCUT2D eigenvalue weighted by Gasteiger charge is 2.54. The van der Waals surface area contributed by atoms with E-state index in [-0.39, 0.29) is 23.7 Å². The fourth-order valence-electron chi connectivity index (χ4n) is 6.50. The van der Waals surface area contributed by atoms with E-state index >= 15 is 0 Å². The lowest BCUT2D eigenvalue weighted by Crippen LogP contribution is -2.51. The Morgan fingerprint density at radius 2 is 1.74 bits per heavy atom. The molecule has 4 aliphatic carbocycles. The number of nitrogens with zero attached hydrogens (tertiary/aromatic N) is 1. The largest absolute Gasteiger partial charge is 0.365 e. The number of hydrogen-bond donors (Lipinski definition) is 2. The first-order chi connectivity index (χ1) is 12.4. The molecule has 3 N–H and O–H groups in total. The Labute approximate surface area is 170 Å². The number of carbonyl (C=O) groups is 2. The summed E-state index contributed by atoms with van der Waals surface area (Å²) in [6, 6.07) is 0. The summed E-state index contributed by atoms with van der Waals surface area (Å²) >= 11 is 1.55. The van der Waals surface area contributed by atoms with Crippen LogP contribution < -0.4 is 11.1 Å². The maximum Gasteiger partial charge on any atom is 0.251 e. The average Bonchev–Trinajstić information content (AvgIpc) is 2.90. The van der Waals surface area contributed by atoms with Gasteiger partial charge in [0, 0.05) is 18.0 Å². The summed E-state index contributed by atoms with van der Waals surface area (Å²) in [4.78, 5) is 28.9. The highest BCUT2D eigenvalue weighted by Crippen LogP contribution is 2.60. The van der Waals surface area contributed by atoms with Crippen molar-refractivity contribution >= 4 is 40.6 Å². The first-order valence-electron chi connectivity index (χ1n) is 9.88. The van der Waals surface area contributed by atoms with Crippen LogP contribution >= 0.6 is 23.7 Å². The van der Waals surface area contributed by atoms with Gasteiger partial charge in [-0.3, -0.25) is 9.59 Å². The number of carbonyl (C=O) groups excluding carboxylic acids is 2. The maximum absolute atomic E-state index is 13.4. The van der Waals surface area contributed by atoms with Crippen LogP contribution in [0.15, 0.2) is 0 Å². The lowest BCUT2D eigenvalue weighted by atomic mass is 9.49. The molecule has 0 spiro atoms. The second-order valence-electron chi connectivity index (χ2n) is 9.21. The van der Waals surface area contributed by atoms with Crippen molar-refractivity contribution in [1.29, 1.82) is 0 Å². The summed E-state index contributed by atoms with van der Waals surface area (Å²) in [6.07, 6.45) is 7.88. The molecule has 1 aromatic heterocycles. The van der Waals surface area contributed by atoms with Gasteiger partial charge in [-0.2, -0.15) is 0 Å². The minimum atomic E-state index is -0.409. The predicted octanol–water partition coefficient (Wildman–Crippen LogP) is 3.41. The predicted molar refractivity (Wildman–Crippen MR) is 109 cm³/mol. The standard InChI is InChI=1S/C20H27N3O2S.ClH/c1-23-3-2-14-15(10-23)26-18(16(14)17(21)24)22-19(25)20-7-11-4-12(8-20)6-13(5-11)9-20;/h11-13H,2-10H2,1H3,(H2,21,24)(H,22,25);1H. The van der Waals surface area contributed by atoms with Crippen molar-refractivity contribution < 1.29 is 9.59 Å². The normalized spacial score (nSPS) is 34.0. The monoisotopic (exact) mass is 409 g/mol. The fraction of sp³-hybridized carbons (Fsp3) is 0.700. The molecule has 0 atom stereocenters.